The van der Waals surface area contributed by atoms with E-state index in [1.807, 2.05) is 19.1 Å². The molecule has 0 radical (unpaired) electrons. The minimum absolute atomic E-state index is 0.308. The van der Waals surface area contributed by atoms with Gasteiger partial charge in [-0.15, -0.1) is 0 Å². The molecular weight excluding hydrogens is 279 g/mol. The predicted octanol–water partition coefficient (Wildman–Crippen LogP) is 3.68. The Morgan fingerprint density at radius 1 is 1.23 bits per heavy atom. The van der Waals surface area contributed by atoms with Crippen LogP contribution in [0.25, 0.3) is 16.8 Å². The second-order valence-corrected chi connectivity index (χ2v) is 5.90. The molecule has 0 aliphatic rings. The van der Waals surface area contributed by atoms with Crippen molar-refractivity contribution < 1.29 is 9.18 Å². The fourth-order valence-electron chi connectivity index (χ4n) is 2.02. The van der Waals surface area contributed by atoms with E-state index in [0.29, 0.717) is 11.4 Å². The van der Waals surface area contributed by atoms with Crippen LogP contribution in [0, 0.1) is 5.82 Å². The largest absolute Gasteiger partial charge is 0.369 e. The van der Waals surface area contributed by atoms with Gasteiger partial charge in [0.2, 0.25) is 5.91 Å². The van der Waals surface area contributed by atoms with Crippen LogP contribution >= 0.6 is 0 Å². The van der Waals surface area contributed by atoms with E-state index in [-0.39, 0.29) is 5.82 Å². The van der Waals surface area contributed by atoms with Crippen LogP contribution in [0.5, 0.6) is 0 Å². The monoisotopic (exact) mass is 298 g/mol. The molecule has 0 unspecified atom stereocenters. The Bertz CT molecular complexity index is 733. The normalized spacial score (nSPS) is 11.3. The summed E-state index contributed by atoms with van der Waals surface area (Å²) in [6.07, 6.45) is 0. The van der Waals surface area contributed by atoms with Crippen LogP contribution in [-0.4, -0.2) is 10.9 Å². The molecule has 0 aliphatic carbocycles. The molecule has 2 aromatic rings. The summed E-state index contributed by atoms with van der Waals surface area (Å²) in [4.78, 5) is 16.3. The van der Waals surface area contributed by atoms with Gasteiger partial charge >= 0.3 is 0 Å². The van der Waals surface area contributed by atoms with Gasteiger partial charge in [0.1, 0.15) is 5.82 Å². The first-order valence-corrected chi connectivity index (χ1v) is 6.96. The number of allylic oxidation sites excluding steroid dienone is 1. The van der Waals surface area contributed by atoms with E-state index in [1.165, 1.54) is 12.1 Å². The SMILES string of the molecule is C=C(C)c1cc(C(C)(C)C(N)=O)cc(-c2ccc(F)cc2)n1. The molecule has 0 fully saturated rings. The van der Waals surface area contributed by atoms with E-state index in [9.17, 15) is 9.18 Å². The second-order valence-electron chi connectivity index (χ2n) is 5.90. The van der Waals surface area contributed by atoms with Gasteiger partial charge < -0.3 is 5.73 Å². The summed E-state index contributed by atoms with van der Waals surface area (Å²) in [7, 11) is 0. The molecule has 4 heteroatoms. The van der Waals surface area contributed by atoms with Crippen LogP contribution in [0.1, 0.15) is 32.0 Å². The minimum atomic E-state index is -0.831. The third-order valence-electron chi connectivity index (χ3n) is 3.74. The molecule has 1 aromatic carbocycles. The third kappa shape index (κ3) is 3.06. The Kier molecular flexibility index (Phi) is 4.13. The van der Waals surface area contributed by atoms with Crippen molar-refractivity contribution in [1.82, 2.24) is 4.98 Å². The number of nitrogens with two attached hydrogens (primary N) is 1. The highest BCUT2D eigenvalue weighted by Gasteiger charge is 2.28. The van der Waals surface area contributed by atoms with E-state index in [1.54, 1.807) is 26.0 Å². The molecule has 1 heterocycles. The predicted molar refractivity (Wildman–Crippen MR) is 86.6 cm³/mol. The van der Waals surface area contributed by atoms with E-state index in [0.717, 1.165) is 16.7 Å². The van der Waals surface area contributed by atoms with Gasteiger partial charge in [-0.3, -0.25) is 4.79 Å². The lowest BCUT2D eigenvalue weighted by atomic mass is 9.83. The molecule has 0 saturated heterocycles. The first kappa shape index (κ1) is 15.9. The molecule has 0 bridgehead atoms. The molecule has 3 nitrogen and oxygen atoms in total. The fraction of sp³-hybridized carbons (Fsp3) is 0.222. The van der Waals surface area contributed by atoms with Gasteiger partial charge in [0.15, 0.2) is 0 Å². The summed E-state index contributed by atoms with van der Waals surface area (Å²) < 4.78 is 13.1. The molecular formula is C18H19FN2O. The van der Waals surface area contributed by atoms with Crippen LogP contribution < -0.4 is 5.73 Å². The molecule has 0 spiro atoms. The lowest BCUT2D eigenvalue weighted by Gasteiger charge is -2.22. The summed E-state index contributed by atoms with van der Waals surface area (Å²) in [6, 6.07) is 9.69. The van der Waals surface area contributed by atoms with Gasteiger partial charge in [-0.1, -0.05) is 6.58 Å². The number of pyridine rings is 1. The molecule has 114 valence electrons. The number of benzene rings is 1. The highest BCUT2D eigenvalue weighted by atomic mass is 19.1. The zero-order valence-corrected chi connectivity index (χ0v) is 13.0. The number of nitrogens with zero attached hydrogens (tertiary/aromatic N) is 1. The molecule has 2 N–H and O–H groups in total. The van der Waals surface area contributed by atoms with Crippen LogP contribution in [-0.2, 0) is 10.2 Å². The van der Waals surface area contributed by atoms with E-state index >= 15 is 0 Å². The summed E-state index contributed by atoms with van der Waals surface area (Å²) in [5.74, 6) is -0.728. The quantitative estimate of drug-likeness (QED) is 0.936. The molecule has 2 rings (SSSR count). The molecule has 1 amide bonds. The average Bonchev–Trinajstić information content (AvgIpc) is 2.47. The number of hydrogen-bond acceptors (Lipinski definition) is 2. The van der Waals surface area contributed by atoms with Crippen LogP contribution in [0.4, 0.5) is 4.39 Å². The van der Waals surface area contributed by atoms with Crippen molar-refractivity contribution in [2.24, 2.45) is 5.73 Å². The Balaban J connectivity index is 2.65. The summed E-state index contributed by atoms with van der Waals surface area (Å²) in [5.41, 5.74) is 8.33. The van der Waals surface area contributed by atoms with E-state index < -0.39 is 11.3 Å². The third-order valence-corrected chi connectivity index (χ3v) is 3.74. The van der Waals surface area contributed by atoms with Gasteiger partial charge in [0.25, 0.3) is 0 Å². The average molecular weight is 298 g/mol. The lowest BCUT2D eigenvalue weighted by Crippen LogP contribution is -2.35. The lowest BCUT2D eigenvalue weighted by molar-refractivity contribution is -0.122. The number of halogens is 1. The number of carbonyl (C=O) groups is 1. The maximum atomic E-state index is 13.1. The minimum Gasteiger partial charge on any atom is -0.369 e. The number of aromatic nitrogens is 1. The van der Waals surface area contributed by atoms with E-state index in [2.05, 4.69) is 11.6 Å². The van der Waals surface area contributed by atoms with Crippen LogP contribution in [0.2, 0.25) is 0 Å². The van der Waals surface area contributed by atoms with Crippen molar-refractivity contribution in [3.63, 3.8) is 0 Å². The van der Waals surface area contributed by atoms with Crippen LogP contribution in [0.3, 0.4) is 0 Å². The van der Waals surface area contributed by atoms with Crippen molar-refractivity contribution in [2.75, 3.05) is 0 Å². The van der Waals surface area contributed by atoms with E-state index in [4.69, 9.17) is 5.73 Å². The first-order chi connectivity index (χ1) is 10.2. The maximum Gasteiger partial charge on any atom is 0.227 e. The Morgan fingerprint density at radius 2 is 1.82 bits per heavy atom. The number of rotatable bonds is 4. The summed E-state index contributed by atoms with van der Waals surface area (Å²) >= 11 is 0. The van der Waals surface area contributed by atoms with Gasteiger partial charge in [-0.2, -0.15) is 0 Å². The molecule has 0 atom stereocenters. The first-order valence-electron chi connectivity index (χ1n) is 6.96. The zero-order chi connectivity index (χ0) is 16.5. The fourth-order valence-corrected chi connectivity index (χ4v) is 2.02. The smallest absolute Gasteiger partial charge is 0.227 e. The molecule has 0 saturated carbocycles. The van der Waals surface area contributed by atoms with Crippen molar-refractivity contribution in [3.05, 3.63) is 60.1 Å². The summed E-state index contributed by atoms with van der Waals surface area (Å²) in [6.45, 7) is 9.28. The number of carbonyl (C=O) groups excluding carboxylic acids is 1. The topological polar surface area (TPSA) is 56.0 Å². The zero-order valence-electron chi connectivity index (χ0n) is 13.0. The van der Waals surface area contributed by atoms with Crippen molar-refractivity contribution in [3.8, 4) is 11.3 Å². The standard InChI is InChI=1S/C18H19FN2O/c1-11(2)15-9-13(18(3,4)17(20)22)10-16(21-15)12-5-7-14(19)8-6-12/h5-10H,1H2,2-4H3,(H2,20,22). The highest BCUT2D eigenvalue weighted by molar-refractivity contribution is 5.86. The summed E-state index contributed by atoms with van der Waals surface area (Å²) in [5, 5.41) is 0. The Labute approximate surface area is 129 Å². The van der Waals surface area contributed by atoms with Gasteiger partial charge in [0, 0.05) is 5.56 Å². The second kappa shape index (κ2) is 5.72. The Hall–Kier alpha value is -2.49. The molecule has 1 aromatic heterocycles. The van der Waals surface area contributed by atoms with Crippen molar-refractivity contribution >= 4 is 11.5 Å². The van der Waals surface area contributed by atoms with Crippen LogP contribution in [0.15, 0.2) is 43.0 Å². The number of primary amides is 1. The van der Waals surface area contributed by atoms with Crippen molar-refractivity contribution in [2.45, 2.75) is 26.2 Å². The highest BCUT2D eigenvalue weighted by Crippen LogP contribution is 2.29. The molecule has 0 aliphatic heterocycles. The number of amides is 1. The van der Waals surface area contributed by atoms with Crippen molar-refractivity contribution in [1.29, 1.82) is 0 Å². The number of hydrogen-bond donors (Lipinski definition) is 1. The molecule has 22 heavy (non-hydrogen) atoms. The Morgan fingerprint density at radius 3 is 2.32 bits per heavy atom. The maximum absolute atomic E-state index is 13.1. The van der Waals surface area contributed by atoms with Gasteiger partial charge in [0.05, 0.1) is 16.8 Å². The van der Waals surface area contributed by atoms with Gasteiger partial charge in [-0.25, -0.2) is 9.37 Å². The van der Waals surface area contributed by atoms with Gasteiger partial charge in [-0.05, 0) is 68.3 Å².